The van der Waals surface area contributed by atoms with E-state index < -0.39 is 0 Å². The molecular formula is C26H35BrN4O4. The minimum atomic E-state index is -0.354. The Balaban J connectivity index is 0.00000432. The van der Waals surface area contributed by atoms with Crippen LogP contribution in [0.2, 0.25) is 0 Å². The molecule has 1 amide bonds. The number of benzene rings is 2. The van der Waals surface area contributed by atoms with Crippen molar-refractivity contribution >= 4 is 40.2 Å². The molecule has 0 bridgehead atoms. The molecule has 0 radical (unpaired) electrons. The Morgan fingerprint density at radius 1 is 1.17 bits per heavy atom. The molecule has 0 aromatic heterocycles. The van der Waals surface area contributed by atoms with Crippen LogP contribution in [-0.2, 0) is 12.0 Å². The van der Waals surface area contributed by atoms with Gasteiger partial charge in [-0.05, 0) is 49.1 Å². The van der Waals surface area contributed by atoms with Crippen molar-refractivity contribution in [2.75, 3.05) is 32.1 Å². The van der Waals surface area contributed by atoms with Crippen LogP contribution in [0.15, 0.2) is 24.3 Å². The number of phenols is 1. The molecule has 0 saturated heterocycles. The molecular weight excluding hydrogens is 512 g/mol. The van der Waals surface area contributed by atoms with E-state index in [0.29, 0.717) is 53.4 Å². The van der Waals surface area contributed by atoms with Gasteiger partial charge in [-0.15, -0.1) is 17.0 Å². The predicted molar refractivity (Wildman–Crippen MR) is 144 cm³/mol. The lowest BCUT2D eigenvalue weighted by atomic mass is 9.84. The van der Waals surface area contributed by atoms with E-state index in [0.717, 1.165) is 5.56 Å². The van der Waals surface area contributed by atoms with E-state index in [1.54, 1.807) is 36.2 Å². The summed E-state index contributed by atoms with van der Waals surface area (Å²) in [6, 6.07) is 6.85. The highest BCUT2D eigenvalue weighted by Crippen LogP contribution is 2.38. The van der Waals surface area contributed by atoms with Gasteiger partial charge in [0.2, 0.25) is 0 Å². The number of fused-ring (bicyclic) bond motifs is 1. The van der Waals surface area contributed by atoms with Gasteiger partial charge in [0.15, 0.2) is 5.78 Å². The maximum absolute atomic E-state index is 13.3. The highest BCUT2D eigenvalue weighted by molar-refractivity contribution is 8.93. The van der Waals surface area contributed by atoms with Gasteiger partial charge in [-0.25, -0.2) is 0 Å². The van der Waals surface area contributed by atoms with Gasteiger partial charge < -0.3 is 25.4 Å². The molecule has 190 valence electrons. The number of hydrogen-bond acceptors (Lipinski definition) is 6. The first kappa shape index (κ1) is 28.2. The first-order valence-corrected chi connectivity index (χ1v) is 11.5. The predicted octanol–water partition coefficient (Wildman–Crippen LogP) is 4.48. The summed E-state index contributed by atoms with van der Waals surface area (Å²) in [6.07, 6.45) is 0. The highest BCUT2D eigenvalue weighted by Gasteiger charge is 2.30. The Morgan fingerprint density at radius 2 is 1.86 bits per heavy atom. The number of ketones is 1. The van der Waals surface area contributed by atoms with Gasteiger partial charge in [-0.1, -0.05) is 20.8 Å². The fourth-order valence-corrected chi connectivity index (χ4v) is 4.11. The Labute approximate surface area is 217 Å². The number of phenolic OH excluding ortho intramolecular Hbond substituents is 1. The molecule has 35 heavy (non-hydrogen) atoms. The number of Topliss-reactive ketones (excluding diaryl/α,β-unsaturated/α-hetero) is 1. The summed E-state index contributed by atoms with van der Waals surface area (Å²) in [5.74, 6) is 0.364. The lowest BCUT2D eigenvalue weighted by Crippen LogP contribution is -2.30. The zero-order valence-electron chi connectivity index (χ0n) is 21.2. The maximum atomic E-state index is 13.3. The van der Waals surface area contributed by atoms with Crippen LogP contribution in [0.4, 0.5) is 5.69 Å². The number of carbonyl (C=O) groups is 2. The van der Waals surface area contributed by atoms with Crippen molar-refractivity contribution < 1.29 is 19.4 Å². The van der Waals surface area contributed by atoms with Crippen molar-refractivity contribution in [3.05, 3.63) is 52.1 Å². The van der Waals surface area contributed by atoms with Crippen LogP contribution in [0.1, 0.15) is 72.0 Å². The van der Waals surface area contributed by atoms with Crippen molar-refractivity contribution in [1.82, 2.24) is 10.2 Å². The average molecular weight is 547 g/mol. The van der Waals surface area contributed by atoms with E-state index in [2.05, 4.69) is 10.6 Å². The summed E-state index contributed by atoms with van der Waals surface area (Å²) in [5.41, 5.74) is 3.15. The molecule has 1 aliphatic rings. The smallest absolute Gasteiger partial charge is 0.254 e. The van der Waals surface area contributed by atoms with Gasteiger partial charge in [0.1, 0.15) is 17.3 Å². The van der Waals surface area contributed by atoms with Crippen LogP contribution in [0, 0.1) is 5.41 Å². The highest BCUT2D eigenvalue weighted by atomic mass is 79.9. The molecule has 1 aliphatic heterocycles. The first-order chi connectivity index (χ1) is 16.0. The second kappa shape index (κ2) is 11.1. The largest absolute Gasteiger partial charge is 0.505 e. The quantitative estimate of drug-likeness (QED) is 0.286. The van der Waals surface area contributed by atoms with E-state index in [1.807, 2.05) is 34.6 Å². The molecule has 2 aromatic rings. The standard InChI is InChI=1S/C26H34N4O4.BrH/c1-7-29-20-10-15(9-19(23(20)32)26(3,4)5)21(31)14-30-13-16-11-22(34-8-2)18(25(33)28-6)12-17(16)24(30)27;/h9-12,27,29,32H,7-8,13-14H2,1-6H3,(H,28,33);1H. The van der Waals surface area contributed by atoms with Gasteiger partial charge >= 0.3 is 0 Å². The first-order valence-electron chi connectivity index (χ1n) is 11.5. The summed E-state index contributed by atoms with van der Waals surface area (Å²) < 4.78 is 5.65. The Hall–Kier alpha value is -3.07. The molecule has 0 spiro atoms. The van der Waals surface area contributed by atoms with Crippen LogP contribution in [0.5, 0.6) is 11.5 Å². The molecule has 0 fully saturated rings. The summed E-state index contributed by atoms with van der Waals surface area (Å²) in [5, 5.41) is 25.1. The lowest BCUT2D eigenvalue weighted by molar-refractivity contribution is 0.0953. The number of hydrogen-bond donors (Lipinski definition) is 4. The van der Waals surface area contributed by atoms with Crippen molar-refractivity contribution in [1.29, 1.82) is 5.41 Å². The zero-order valence-corrected chi connectivity index (χ0v) is 22.9. The normalized spacial score (nSPS) is 12.6. The van der Waals surface area contributed by atoms with Crippen LogP contribution in [-0.4, -0.2) is 54.3 Å². The van der Waals surface area contributed by atoms with Crippen molar-refractivity contribution in [2.24, 2.45) is 0 Å². The fourth-order valence-electron chi connectivity index (χ4n) is 4.11. The van der Waals surface area contributed by atoms with Crippen LogP contribution in [0.25, 0.3) is 0 Å². The number of amidine groups is 1. The van der Waals surface area contributed by atoms with Gasteiger partial charge in [-0.3, -0.25) is 15.0 Å². The van der Waals surface area contributed by atoms with Crippen molar-refractivity contribution in [3.8, 4) is 11.5 Å². The minimum Gasteiger partial charge on any atom is -0.505 e. The summed E-state index contributed by atoms with van der Waals surface area (Å²) in [6.45, 7) is 11.1. The van der Waals surface area contributed by atoms with E-state index >= 15 is 0 Å². The summed E-state index contributed by atoms with van der Waals surface area (Å²) in [7, 11) is 1.55. The molecule has 2 aromatic carbocycles. The topological polar surface area (TPSA) is 115 Å². The second-order valence-electron chi connectivity index (χ2n) is 9.35. The number of halogens is 1. The monoisotopic (exact) mass is 546 g/mol. The molecule has 9 heteroatoms. The number of nitrogens with one attached hydrogen (secondary N) is 3. The second-order valence-corrected chi connectivity index (χ2v) is 9.35. The Kier molecular flexibility index (Phi) is 8.94. The van der Waals surface area contributed by atoms with E-state index in [9.17, 15) is 14.7 Å². The third kappa shape index (κ3) is 5.78. The maximum Gasteiger partial charge on any atom is 0.254 e. The molecule has 4 N–H and O–H groups in total. The Bertz CT molecular complexity index is 1140. The summed E-state index contributed by atoms with van der Waals surface area (Å²) >= 11 is 0. The number of nitrogens with zero attached hydrogens (tertiary/aromatic N) is 1. The van der Waals surface area contributed by atoms with Gasteiger partial charge in [0.05, 0.1) is 24.4 Å². The van der Waals surface area contributed by atoms with E-state index in [4.69, 9.17) is 10.1 Å². The van der Waals surface area contributed by atoms with E-state index in [-0.39, 0.29) is 52.2 Å². The molecule has 0 saturated carbocycles. The number of carbonyl (C=O) groups excluding carboxylic acids is 2. The number of rotatable bonds is 8. The van der Waals surface area contributed by atoms with Gasteiger partial charge in [0, 0.05) is 36.8 Å². The van der Waals surface area contributed by atoms with Gasteiger partial charge in [-0.2, -0.15) is 0 Å². The third-order valence-corrected chi connectivity index (χ3v) is 5.85. The zero-order chi connectivity index (χ0) is 25.2. The number of anilines is 1. The number of amides is 1. The average Bonchev–Trinajstić information content (AvgIpc) is 3.07. The van der Waals surface area contributed by atoms with Gasteiger partial charge in [0.25, 0.3) is 5.91 Å². The molecule has 8 nitrogen and oxygen atoms in total. The van der Waals surface area contributed by atoms with Crippen LogP contribution in [0.3, 0.4) is 0 Å². The molecule has 0 atom stereocenters. The number of aromatic hydroxyl groups is 1. The number of ether oxygens (including phenoxy) is 1. The third-order valence-electron chi connectivity index (χ3n) is 5.85. The SMILES string of the molecule is Br.CCNc1cc(C(=O)CN2Cc3cc(OCC)c(C(=O)NC)cc3C2=N)cc(C(C)(C)C)c1O. The van der Waals surface area contributed by atoms with Crippen molar-refractivity contribution in [3.63, 3.8) is 0 Å². The van der Waals surface area contributed by atoms with Crippen molar-refractivity contribution in [2.45, 2.75) is 46.6 Å². The minimum absolute atomic E-state index is 0. The molecule has 0 unspecified atom stereocenters. The molecule has 3 rings (SSSR count). The van der Waals surface area contributed by atoms with Crippen LogP contribution < -0.4 is 15.4 Å². The van der Waals surface area contributed by atoms with Crippen LogP contribution >= 0.6 is 17.0 Å². The lowest BCUT2D eigenvalue weighted by Gasteiger charge is -2.24. The molecule has 1 heterocycles. The Morgan fingerprint density at radius 3 is 2.43 bits per heavy atom. The molecule has 0 aliphatic carbocycles. The fraction of sp³-hybridized carbons (Fsp3) is 0.423. The van der Waals surface area contributed by atoms with E-state index in [1.165, 1.54) is 0 Å². The summed E-state index contributed by atoms with van der Waals surface area (Å²) in [4.78, 5) is 27.3.